The topological polar surface area (TPSA) is 79.8 Å². The molecule has 9 heteroatoms. The highest BCUT2D eigenvalue weighted by molar-refractivity contribution is 7.22. The number of fused-ring (bicyclic) bond motifs is 2. The molecule has 5 rings (SSSR count). The summed E-state index contributed by atoms with van der Waals surface area (Å²) in [7, 11) is 0. The molecule has 0 radical (unpaired) electrons. The van der Waals surface area contributed by atoms with Crippen LogP contribution in [0.1, 0.15) is 33.6 Å². The molecular formula is C22H18FN3O4S. The van der Waals surface area contributed by atoms with E-state index in [4.69, 9.17) is 4.74 Å². The molecule has 1 aromatic heterocycles. The summed E-state index contributed by atoms with van der Waals surface area (Å²) in [5.74, 6) is -1.80. The van der Waals surface area contributed by atoms with Gasteiger partial charge in [0.05, 0.1) is 34.0 Å². The largest absolute Gasteiger partial charge is 0.376 e. The van der Waals surface area contributed by atoms with E-state index in [2.05, 4.69) is 4.98 Å². The van der Waals surface area contributed by atoms with Crippen LogP contribution < -0.4 is 4.90 Å². The number of carbonyl (C=O) groups excluding carboxylic acids is 3. The molecule has 1 fully saturated rings. The number of amides is 3. The number of benzene rings is 2. The number of nitrogens with zero attached hydrogens (tertiary/aromatic N) is 3. The van der Waals surface area contributed by atoms with E-state index < -0.39 is 24.3 Å². The minimum atomic E-state index is -0.489. The SMILES string of the molecule is O=C1c2ccccc2C(=O)N1CC(=O)N(CC1CCCO1)c1nc2ccc(F)cc2s1. The maximum atomic E-state index is 13.6. The zero-order valence-corrected chi connectivity index (χ0v) is 17.2. The number of imide groups is 1. The molecule has 0 N–H and O–H groups in total. The van der Waals surface area contributed by atoms with Crippen LogP contribution in [0, 0.1) is 5.82 Å². The quantitative estimate of drug-likeness (QED) is 0.571. The van der Waals surface area contributed by atoms with Gasteiger partial charge in [-0.25, -0.2) is 9.37 Å². The summed E-state index contributed by atoms with van der Waals surface area (Å²) in [6.45, 7) is 0.476. The zero-order chi connectivity index (χ0) is 21.5. The first-order valence-corrected chi connectivity index (χ1v) is 10.8. The number of rotatable bonds is 5. The molecule has 31 heavy (non-hydrogen) atoms. The normalized spacial score (nSPS) is 18.1. The van der Waals surface area contributed by atoms with Crippen LogP contribution in [0.4, 0.5) is 9.52 Å². The Balaban J connectivity index is 1.44. The molecule has 2 aliphatic heterocycles. The van der Waals surface area contributed by atoms with Gasteiger partial charge in [-0.2, -0.15) is 0 Å². The molecule has 1 saturated heterocycles. The monoisotopic (exact) mass is 439 g/mol. The van der Waals surface area contributed by atoms with Gasteiger partial charge in [-0.1, -0.05) is 23.5 Å². The lowest BCUT2D eigenvalue weighted by Gasteiger charge is -2.25. The van der Waals surface area contributed by atoms with Gasteiger partial charge >= 0.3 is 0 Å². The minimum Gasteiger partial charge on any atom is -0.376 e. The fourth-order valence-corrected chi connectivity index (χ4v) is 4.90. The Kier molecular flexibility index (Phi) is 4.99. The van der Waals surface area contributed by atoms with Crippen LogP contribution >= 0.6 is 11.3 Å². The second kappa shape index (κ2) is 7.82. The Morgan fingerprint density at radius 2 is 1.94 bits per heavy atom. The Labute approximate surface area is 181 Å². The fraction of sp³-hybridized carbons (Fsp3) is 0.273. The smallest absolute Gasteiger partial charge is 0.262 e. The van der Waals surface area contributed by atoms with Crippen molar-refractivity contribution >= 4 is 44.4 Å². The van der Waals surface area contributed by atoms with E-state index in [9.17, 15) is 18.8 Å². The van der Waals surface area contributed by atoms with Gasteiger partial charge in [0.25, 0.3) is 11.8 Å². The molecule has 0 bridgehead atoms. The van der Waals surface area contributed by atoms with Crippen LogP contribution in [0.15, 0.2) is 42.5 Å². The van der Waals surface area contributed by atoms with E-state index in [1.807, 2.05) is 0 Å². The van der Waals surface area contributed by atoms with Crippen molar-refractivity contribution in [2.24, 2.45) is 0 Å². The maximum absolute atomic E-state index is 13.6. The molecule has 2 aromatic carbocycles. The number of thiazole rings is 1. The van der Waals surface area contributed by atoms with Gasteiger partial charge < -0.3 is 4.74 Å². The minimum absolute atomic E-state index is 0.158. The van der Waals surface area contributed by atoms with Crippen molar-refractivity contribution in [3.63, 3.8) is 0 Å². The third kappa shape index (κ3) is 3.60. The van der Waals surface area contributed by atoms with Crippen LogP contribution in [0.3, 0.4) is 0 Å². The van der Waals surface area contributed by atoms with Gasteiger partial charge in [0.1, 0.15) is 12.4 Å². The average Bonchev–Trinajstić information content (AvgIpc) is 3.48. The van der Waals surface area contributed by atoms with E-state index in [-0.39, 0.29) is 18.5 Å². The van der Waals surface area contributed by atoms with E-state index in [1.165, 1.54) is 28.4 Å². The third-order valence-electron chi connectivity index (χ3n) is 5.45. The first-order chi connectivity index (χ1) is 15.0. The highest BCUT2D eigenvalue weighted by atomic mass is 32.1. The second-order valence-corrected chi connectivity index (χ2v) is 8.50. The van der Waals surface area contributed by atoms with Crippen molar-refractivity contribution < 1.29 is 23.5 Å². The number of aromatic nitrogens is 1. The Morgan fingerprint density at radius 1 is 1.19 bits per heavy atom. The summed E-state index contributed by atoms with van der Waals surface area (Å²) in [4.78, 5) is 45.5. The van der Waals surface area contributed by atoms with E-state index in [0.717, 1.165) is 17.7 Å². The van der Waals surface area contributed by atoms with E-state index in [0.29, 0.717) is 33.1 Å². The van der Waals surface area contributed by atoms with Crippen LogP contribution in [-0.2, 0) is 9.53 Å². The molecule has 1 atom stereocenters. The van der Waals surface area contributed by atoms with Crippen molar-refractivity contribution in [1.82, 2.24) is 9.88 Å². The van der Waals surface area contributed by atoms with Gasteiger partial charge in [-0.15, -0.1) is 0 Å². The van der Waals surface area contributed by atoms with Gasteiger partial charge in [-0.3, -0.25) is 24.2 Å². The van der Waals surface area contributed by atoms with Crippen molar-refractivity contribution in [1.29, 1.82) is 0 Å². The van der Waals surface area contributed by atoms with Crippen molar-refractivity contribution in [2.75, 3.05) is 24.6 Å². The second-order valence-electron chi connectivity index (χ2n) is 7.49. The standard InChI is InChI=1S/C22H18FN3O4S/c23-13-7-8-17-18(10-13)31-22(24-17)25(11-14-4-3-9-30-14)19(27)12-26-20(28)15-5-1-2-6-16(15)21(26)29/h1-2,5-8,10,14H,3-4,9,11-12H2. The zero-order valence-electron chi connectivity index (χ0n) is 16.4. The van der Waals surface area contributed by atoms with Gasteiger partial charge in [0.2, 0.25) is 5.91 Å². The van der Waals surface area contributed by atoms with Crippen molar-refractivity contribution in [3.8, 4) is 0 Å². The van der Waals surface area contributed by atoms with E-state index in [1.54, 1.807) is 30.3 Å². The fourth-order valence-electron chi connectivity index (χ4n) is 3.88. The Bertz CT molecular complexity index is 1170. The predicted molar refractivity (Wildman–Crippen MR) is 113 cm³/mol. The van der Waals surface area contributed by atoms with Gasteiger partial charge in [0.15, 0.2) is 5.13 Å². The molecule has 1 unspecified atom stereocenters. The van der Waals surface area contributed by atoms with Crippen molar-refractivity contribution in [3.05, 3.63) is 59.4 Å². The lowest BCUT2D eigenvalue weighted by atomic mass is 10.1. The molecule has 3 amide bonds. The summed E-state index contributed by atoms with van der Waals surface area (Å²) < 4.78 is 19.9. The van der Waals surface area contributed by atoms with E-state index >= 15 is 0 Å². The number of hydrogen-bond donors (Lipinski definition) is 0. The number of hydrogen-bond acceptors (Lipinski definition) is 6. The number of halogens is 1. The van der Waals surface area contributed by atoms with Crippen molar-refractivity contribution in [2.45, 2.75) is 18.9 Å². The summed E-state index contributed by atoms with van der Waals surface area (Å²) >= 11 is 1.19. The average molecular weight is 439 g/mol. The molecule has 2 aliphatic rings. The number of anilines is 1. The summed E-state index contributed by atoms with van der Waals surface area (Å²) in [5, 5.41) is 0.387. The van der Waals surface area contributed by atoms with Crippen LogP contribution in [-0.4, -0.2) is 53.4 Å². The number of ether oxygens (including phenoxy) is 1. The predicted octanol–water partition coefficient (Wildman–Crippen LogP) is 3.24. The summed E-state index contributed by atoms with van der Waals surface area (Å²) in [6, 6.07) is 10.8. The third-order valence-corrected chi connectivity index (χ3v) is 6.49. The molecule has 7 nitrogen and oxygen atoms in total. The Hall–Kier alpha value is -3.17. The van der Waals surface area contributed by atoms with Crippen LogP contribution in [0.2, 0.25) is 0 Å². The summed E-state index contributed by atoms with van der Waals surface area (Å²) in [5.41, 5.74) is 1.16. The Morgan fingerprint density at radius 3 is 2.61 bits per heavy atom. The molecular weight excluding hydrogens is 421 g/mol. The number of carbonyl (C=O) groups is 3. The van der Waals surface area contributed by atoms with Gasteiger partial charge in [-0.05, 0) is 43.2 Å². The van der Waals surface area contributed by atoms with Crippen LogP contribution in [0.5, 0.6) is 0 Å². The molecule has 0 saturated carbocycles. The lowest BCUT2D eigenvalue weighted by molar-refractivity contribution is -0.119. The lowest BCUT2D eigenvalue weighted by Crippen LogP contribution is -2.45. The first-order valence-electron chi connectivity index (χ1n) is 9.94. The highest BCUT2D eigenvalue weighted by Gasteiger charge is 2.38. The molecule has 0 spiro atoms. The molecule has 158 valence electrons. The molecule has 0 aliphatic carbocycles. The maximum Gasteiger partial charge on any atom is 0.262 e. The summed E-state index contributed by atoms with van der Waals surface area (Å²) in [6.07, 6.45) is 1.54. The van der Waals surface area contributed by atoms with Gasteiger partial charge in [0, 0.05) is 6.61 Å². The highest BCUT2D eigenvalue weighted by Crippen LogP contribution is 2.31. The molecule has 3 heterocycles. The molecule has 3 aromatic rings. The first kappa shape index (κ1) is 19.8. The van der Waals surface area contributed by atoms with Crippen LogP contribution in [0.25, 0.3) is 10.2 Å².